The minimum atomic E-state index is -1.98. The molecule has 1 rings (SSSR count). The molecule has 0 aliphatic carbocycles. The van der Waals surface area contributed by atoms with Crippen LogP contribution in [0.25, 0.3) is 0 Å². The molecule has 0 bridgehead atoms. The normalized spacial score (nSPS) is 21.3. The standard InChI is InChI=1S/C8H12O5P/c1-2-3-4-5-12-14(10)7-6-11-8(9)13-7/h2,7H,1,3-6H2/q+1. The molecule has 1 fully saturated rings. The summed E-state index contributed by atoms with van der Waals surface area (Å²) in [6.07, 6.45) is 2.54. The Morgan fingerprint density at radius 2 is 2.50 bits per heavy atom. The molecule has 0 aromatic rings. The first kappa shape index (κ1) is 11.1. The largest absolute Gasteiger partial charge is 0.557 e. The van der Waals surface area contributed by atoms with E-state index in [0.29, 0.717) is 6.61 Å². The van der Waals surface area contributed by atoms with Gasteiger partial charge in [-0.2, -0.15) is 0 Å². The fourth-order valence-corrected chi connectivity index (χ4v) is 1.73. The van der Waals surface area contributed by atoms with E-state index in [0.717, 1.165) is 12.8 Å². The lowest BCUT2D eigenvalue weighted by molar-refractivity contribution is 0.126. The highest BCUT2D eigenvalue weighted by Crippen LogP contribution is 2.33. The van der Waals surface area contributed by atoms with Crippen molar-refractivity contribution in [1.82, 2.24) is 0 Å². The van der Waals surface area contributed by atoms with E-state index in [1.807, 2.05) is 0 Å². The predicted molar refractivity (Wildman–Crippen MR) is 49.2 cm³/mol. The molecule has 0 N–H and O–H groups in total. The maximum absolute atomic E-state index is 11.3. The molecule has 0 radical (unpaired) electrons. The number of unbranched alkanes of at least 4 members (excludes halogenated alkanes) is 1. The third-order valence-electron chi connectivity index (χ3n) is 1.58. The van der Waals surface area contributed by atoms with Gasteiger partial charge in [0.1, 0.15) is 6.61 Å². The molecule has 0 saturated carbocycles. The van der Waals surface area contributed by atoms with Crippen LogP contribution in [-0.2, 0) is 18.6 Å². The van der Waals surface area contributed by atoms with E-state index in [4.69, 9.17) is 4.52 Å². The van der Waals surface area contributed by atoms with Gasteiger partial charge >= 0.3 is 20.0 Å². The van der Waals surface area contributed by atoms with Gasteiger partial charge < -0.3 is 9.47 Å². The van der Waals surface area contributed by atoms with Crippen LogP contribution in [0.15, 0.2) is 12.7 Å². The quantitative estimate of drug-likeness (QED) is 0.296. The van der Waals surface area contributed by atoms with Gasteiger partial charge in [0.2, 0.25) is 0 Å². The third kappa shape index (κ3) is 3.44. The Morgan fingerprint density at radius 1 is 1.71 bits per heavy atom. The van der Waals surface area contributed by atoms with Crippen molar-refractivity contribution in [3.05, 3.63) is 12.7 Å². The van der Waals surface area contributed by atoms with Crippen molar-refractivity contribution < 1.29 is 23.4 Å². The van der Waals surface area contributed by atoms with Crippen LogP contribution in [0.1, 0.15) is 12.8 Å². The molecule has 14 heavy (non-hydrogen) atoms. The molecule has 0 aromatic carbocycles. The van der Waals surface area contributed by atoms with Crippen molar-refractivity contribution in [1.29, 1.82) is 0 Å². The number of ether oxygens (including phenoxy) is 2. The predicted octanol–water partition coefficient (Wildman–Crippen LogP) is 2.20. The number of carbonyl (C=O) groups is 1. The van der Waals surface area contributed by atoms with E-state index in [-0.39, 0.29) is 6.61 Å². The zero-order chi connectivity index (χ0) is 10.4. The van der Waals surface area contributed by atoms with Crippen LogP contribution < -0.4 is 0 Å². The van der Waals surface area contributed by atoms with Crippen molar-refractivity contribution in [3.63, 3.8) is 0 Å². The Morgan fingerprint density at radius 3 is 3.07 bits per heavy atom. The topological polar surface area (TPSA) is 61.8 Å². The Hall–Kier alpha value is -0.930. The van der Waals surface area contributed by atoms with Gasteiger partial charge in [0.05, 0.1) is 0 Å². The van der Waals surface area contributed by atoms with Crippen molar-refractivity contribution in [2.24, 2.45) is 0 Å². The van der Waals surface area contributed by atoms with Crippen LogP contribution in [0.5, 0.6) is 0 Å². The summed E-state index contributed by atoms with van der Waals surface area (Å²) in [5.74, 6) is -0.749. The Kier molecular flexibility index (Phi) is 4.56. The highest BCUT2D eigenvalue weighted by molar-refractivity contribution is 7.39. The molecule has 78 valence electrons. The molecule has 0 spiro atoms. The summed E-state index contributed by atoms with van der Waals surface area (Å²) in [6.45, 7) is 3.93. The van der Waals surface area contributed by atoms with Gasteiger partial charge in [0.25, 0.3) is 0 Å². The lowest BCUT2D eigenvalue weighted by Crippen LogP contribution is -2.05. The first-order valence-corrected chi connectivity index (χ1v) is 5.52. The first-order chi connectivity index (χ1) is 6.74. The maximum atomic E-state index is 11.3. The van der Waals surface area contributed by atoms with E-state index in [1.54, 1.807) is 6.08 Å². The van der Waals surface area contributed by atoms with Crippen molar-refractivity contribution in [2.75, 3.05) is 13.2 Å². The number of carbonyl (C=O) groups excluding carboxylic acids is 1. The average Bonchev–Trinajstić information content (AvgIpc) is 2.59. The monoisotopic (exact) mass is 219 g/mol. The zero-order valence-electron chi connectivity index (χ0n) is 7.68. The van der Waals surface area contributed by atoms with Crippen molar-refractivity contribution in [3.8, 4) is 0 Å². The second-order valence-corrected chi connectivity index (χ2v) is 4.09. The summed E-state index contributed by atoms with van der Waals surface area (Å²) in [5, 5.41) is 0. The average molecular weight is 219 g/mol. The third-order valence-corrected chi connectivity index (χ3v) is 2.74. The maximum Gasteiger partial charge on any atom is 0.557 e. The minimum Gasteiger partial charge on any atom is -0.425 e. The fraction of sp³-hybridized carbons (Fsp3) is 0.625. The molecule has 2 atom stereocenters. The van der Waals surface area contributed by atoms with Crippen LogP contribution in [-0.4, -0.2) is 25.2 Å². The Bertz CT molecular complexity index is 240. The number of rotatable bonds is 6. The Balaban J connectivity index is 2.15. The molecule has 2 unspecified atom stereocenters. The summed E-state index contributed by atoms with van der Waals surface area (Å²) in [7, 11) is -1.98. The summed E-state index contributed by atoms with van der Waals surface area (Å²) in [5.41, 5.74) is 0. The van der Waals surface area contributed by atoms with E-state index < -0.39 is 20.0 Å². The van der Waals surface area contributed by atoms with E-state index in [2.05, 4.69) is 16.1 Å². The van der Waals surface area contributed by atoms with Gasteiger partial charge in [-0.05, 0) is 17.4 Å². The van der Waals surface area contributed by atoms with E-state index in [1.165, 1.54) is 0 Å². The van der Waals surface area contributed by atoms with Crippen LogP contribution in [0.2, 0.25) is 0 Å². The van der Waals surface area contributed by atoms with Crippen molar-refractivity contribution in [2.45, 2.75) is 18.7 Å². The zero-order valence-corrected chi connectivity index (χ0v) is 8.57. The smallest absolute Gasteiger partial charge is 0.425 e. The van der Waals surface area contributed by atoms with E-state index >= 15 is 0 Å². The highest BCUT2D eigenvalue weighted by atomic mass is 31.1. The number of hydrogen-bond acceptors (Lipinski definition) is 5. The Labute approximate surface area is 82.9 Å². The highest BCUT2D eigenvalue weighted by Gasteiger charge is 2.43. The number of hydrogen-bond donors (Lipinski definition) is 0. The van der Waals surface area contributed by atoms with Gasteiger partial charge in [-0.25, -0.2) is 4.79 Å². The molecule has 6 heteroatoms. The first-order valence-electron chi connectivity index (χ1n) is 4.27. The molecule has 0 amide bonds. The molecule has 1 saturated heterocycles. The lowest BCUT2D eigenvalue weighted by Gasteiger charge is -1.93. The molecular weight excluding hydrogens is 207 g/mol. The lowest BCUT2D eigenvalue weighted by atomic mass is 10.3. The van der Waals surface area contributed by atoms with Gasteiger partial charge in [-0.1, -0.05) is 6.08 Å². The minimum absolute atomic E-state index is 0.00942. The van der Waals surface area contributed by atoms with Crippen LogP contribution in [0.4, 0.5) is 4.79 Å². The molecule has 1 aliphatic heterocycles. The second kappa shape index (κ2) is 5.73. The summed E-state index contributed by atoms with van der Waals surface area (Å²) in [4.78, 5) is 10.5. The van der Waals surface area contributed by atoms with Gasteiger partial charge in [0, 0.05) is 0 Å². The summed E-state index contributed by atoms with van der Waals surface area (Å²) >= 11 is 0. The molecular formula is C8H12O5P+. The molecule has 5 nitrogen and oxygen atoms in total. The fourth-order valence-electron chi connectivity index (χ4n) is 0.888. The number of allylic oxidation sites excluding steroid dienone is 1. The van der Waals surface area contributed by atoms with Crippen LogP contribution >= 0.6 is 8.03 Å². The second-order valence-electron chi connectivity index (χ2n) is 2.68. The molecule has 1 heterocycles. The summed E-state index contributed by atoms with van der Waals surface area (Å²) < 4.78 is 25.3. The molecule has 0 aromatic heterocycles. The molecule has 1 aliphatic rings. The van der Waals surface area contributed by atoms with Crippen LogP contribution in [0.3, 0.4) is 0 Å². The van der Waals surface area contributed by atoms with Gasteiger partial charge in [-0.3, -0.25) is 0 Å². The summed E-state index contributed by atoms with van der Waals surface area (Å²) in [6, 6.07) is 0. The van der Waals surface area contributed by atoms with Gasteiger partial charge in [0.15, 0.2) is 6.61 Å². The number of cyclic esters (lactones) is 2. The van der Waals surface area contributed by atoms with Crippen LogP contribution in [0, 0.1) is 0 Å². The SMILES string of the molecule is C=CCCCO[P+](=O)C1COC(=O)O1. The van der Waals surface area contributed by atoms with Gasteiger partial charge in [-0.15, -0.1) is 11.1 Å². The van der Waals surface area contributed by atoms with E-state index in [9.17, 15) is 9.36 Å². The van der Waals surface area contributed by atoms with Crippen molar-refractivity contribution >= 4 is 14.2 Å².